The summed E-state index contributed by atoms with van der Waals surface area (Å²) in [5, 5.41) is -0.339. The van der Waals surface area contributed by atoms with Crippen molar-refractivity contribution in [2.75, 3.05) is 0 Å². The standard InChI is InChI=1S/C5H10Cl6Si2/c1-5(2,13(9,10)11)3-4-12(6,7)8/h3-4H2,1-2H3. The first-order valence-corrected chi connectivity index (χ1v) is 13.9. The van der Waals surface area contributed by atoms with Gasteiger partial charge in [-0.05, 0) is 12.5 Å². The fourth-order valence-corrected chi connectivity index (χ4v) is 3.86. The normalized spacial score (nSPS) is 14.8. The molecule has 0 spiro atoms. The van der Waals surface area contributed by atoms with Gasteiger partial charge in [-0.2, -0.15) is 0 Å². The van der Waals surface area contributed by atoms with Gasteiger partial charge in [0.05, 0.1) is 0 Å². The third-order valence-corrected chi connectivity index (χ3v) is 10.7. The summed E-state index contributed by atoms with van der Waals surface area (Å²) in [5.74, 6) is 0. The second-order valence-corrected chi connectivity index (χ2v) is 22.0. The third-order valence-electron chi connectivity index (χ3n) is 1.80. The van der Waals surface area contributed by atoms with E-state index >= 15 is 0 Å². The molecule has 0 rings (SSSR count). The van der Waals surface area contributed by atoms with E-state index in [9.17, 15) is 0 Å². The van der Waals surface area contributed by atoms with E-state index in [1.807, 2.05) is 13.8 Å². The van der Waals surface area contributed by atoms with Crippen molar-refractivity contribution >= 4 is 78.5 Å². The summed E-state index contributed by atoms with van der Waals surface area (Å²) in [7, 11) is 0. The van der Waals surface area contributed by atoms with Crippen LogP contribution < -0.4 is 0 Å². The molecule has 0 saturated heterocycles. The minimum atomic E-state index is -2.72. The summed E-state index contributed by atoms with van der Waals surface area (Å²) >= 11 is 35.0. The largest absolute Gasteiger partial charge is 0.346 e. The molecular formula is C5H10Cl6Si2. The van der Waals surface area contributed by atoms with Crippen molar-refractivity contribution in [2.45, 2.75) is 31.4 Å². The molecule has 0 amide bonds. The van der Waals surface area contributed by atoms with Crippen molar-refractivity contribution in [1.82, 2.24) is 0 Å². The Bertz CT molecular complexity index is 169. The summed E-state index contributed by atoms with van der Waals surface area (Å²) in [6, 6.07) is -4.77. The van der Waals surface area contributed by atoms with Crippen LogP contribution in [0.5, 0.6) is 0 Å². The van der Waals surface area contributed by atoms with Crippen LogP contribution in [0.4, 0.5) is 0 Å². The average Bonchev–Trinajstić information content (AvgIpc) is 1.79. The van der Waals surface area contributed by atoms with Gasteiger partial charge in [0.25, 0.3) is 0 Å². The van der Waals surface area contributed by atoms with Gasteiger partial charge >= 0.3 is 12.0 Å². The van der Waals surface area contributed by atoms with Crippen molar-refractivity contribution in [2.24, 2.45) is 0 Å². The first-order valence-electron chi connectivity index (χ1n) is 3.59. The second-order valence-electron chi connectivity index (χ2n) is 3.50. The van der Waals surface area contributed by atoms with Crippen LogP contribution in [0, 0.1) is 0 Å². The highest BCUT2D eigenvalue weighted by molar-refractivity contribution is 7.66. The van der Waals surface area contributed by atoms with Crippen molar-refractivity contribution in [1.29, 1.82) is 0 Å². The fourth-order valence-electron chi connectivity index (χ4n) is 0.596. The van der Waals surface area contributed by atoms with Gasteiger partial charge in [0.15, 0.2) is 0 Å². The van der Waals surface area contributed by atoms with Crippen LogP contribution in [0.15, 0.2) is 0 Å². The van der Waals surface area contributed by atoms with Gasteiger partial charge in [-0.1, -0.05) is 13.8 Å². The molecule has 0 heterocycles. The van der Waals surface area contributed by atoms with E-state index in [1.54, 1.807) is 0 Å². The molecule has 0 aliphatic carbocycles. The number of hydrogen-bond donors (Lipinski definition) is 0. The molecule has 8 heteroatoms. The lowest BCUT2D eigenvalue weighted by molar-refractivity contribution is 0.641. The van der Waals surface area contributed by atoms with Crippen molar-refractivity contribution in [3.05, 3.63) is 0 Å². The molecule has 13 heavy (non-hydrogen) atoms. The lowest BCUT2D eigenvalue weighted by atomic mass is 10.1. The van der Waals surface area contributed by atoms with Gasteiger partial charge in [0.2, 0.25) is 0 Å². The third kappa shape index (κ3) is 6.36. The lowest BCUT2D eigenvalue weighted by Crippen LogP contribution is -2.29. The summed E-state index contributed by atoms with van der Waals surface area (Å²) in [6.07, 6.45) is 0.651. The summed E-state index contributed by atoms with van der Waals surface area (Å²) in [4.78, 5) is 0. The predicted molar refractivity (Wildman–Crippen MR) is 70.1 cm³/mol. The van der Waals surface area contributed by atoms with Gasteiger partial charge in [0.1, 0.15) is 0 Å². The first-order chi connectivity index (χ1) is 5.46. The zero-order chi connectivity index (χ0) is 10.9. The summed E-state index contributed by atoms with van der Waals surface area (Å²) in [6.45, 7) is 3.80. The maximum absolute atomic E-state index is 5.91. The summed E-state index contributed by atoms with van der Waals surface area (Å²) < 4.78 is 0. The SMILES string of the molecule is CC(C)(CC[Si](Cl)(Cl)Cl)[Si](Cl)(Cl)Cl. The first kappa shape index (κ1) is 15.2. The Labute approximate surface area is 109 Å². The number of hydrogen-bond acceptors (Lipinski definition) is 0. The molecule has 0 saturated carbocycles. The Morgan fingerprint density at radius 2 is 1.31 bits per heavy atom. The van der Waals surface area contributed by atoms with Crippen LogP contribution in [-0.2, 0) is 0 Å². The Balaban J connectivity index is 4.21. The highest BCUT2D eigenvalue weighted by Crippen LogP contribution is 2.50. The monoisotopic (exact) mass is 336 g/mol. The molecule has 0 radical (unpaired) electrons. The molecule has 0 nitrogen and oxygen atoms in total. The number of rotatable bonds is 4. The van der Waals surface area contributed by atoms with E-state index in [0.717, 1.165) is 0 Å². The van der Waals surface area contributed by atoms with Crippen molar-refractivity contribution in [3.63, 3.8) is 0 Å². The molecule has 80 valence electrons. The minimum Gasteiger partial charge on any atom is -0.126 e. The van der Waals surface area contributed by atoms with E-state index in [-0.39, 0.29) is 5.04 Å². The topological polar surface area (TPSA) is 0 Å². The van der Waals surface area contributed by atoms with Crippen LogP contribution in [-0.4, -0.2) is 12.0 Å². The van der Waals surface area contributed by atoms with Crippen LogP contribution in [0.3, 0.4) is 0 Å². The van der Waals surface area contributed by atoms with Gasteiger partial charge in [-0.25, -0.2) is 0 Å². The van der Waals surface area contributed by atoms with Gasteiger partial charge in [-0.3, -0.25) is 0 Å². The molecule has 0 fully saturated rings. The van der Waals surface area contributed by atoms with Crippen LogP contribution in [0.1, 0.15) is 20.3 Å². The molecule has 0 aromatic rings. The maximum atomic E-state index is 5.91. The molecule has 0 N–H and O–H groups in total. The zero-order valence-electron chi connectivity index (χ0n) is 7.18. The summed E-state index contributed by atoms with van der Waals surface area (Å²) in [5.41, 5.74) is 0. The zero-order valence-corrected chi connectivity index (χ0v) is 13.7. The smallest absolute Gasteiger partial charge is 0.126 e. The van der Waals surface area contributed by atoms with E-state index in [0.29, 0.717) is 12.5 Å². The maximum Gasteiger partial charge on any atom is 0.346 e. The quantitative estimate of drug-likeness (QED) is 0.471. The highest BCUT2D eigenvalue weighted by Gasteiger charge is 2.45. The van der Waals surface area contributed by atoms with Crippen LogP contribution in [0.2, 0.25) is 11.1 Å². The highest BCUT2D eigenvalue weighted by atomic mass is 35.8. The van der Waals surface area contributed by atoms with Crippen LogP contribution >= 0.6 is 66.5 Å². The average molecular weight is 339 g/mol. The Morgan fingerprint density at radius 3 is 1.54 bits per heavy atom. The molecule has 0 aromatic carbocycles. The lowest BCUT2D eigenvalue weighted by Gasteiger charge is -2.30. The Kier molecular flexibility index (Phi) is 5.84. The molecule has 0 aromatic heterocycles. The molecule has 0 aliphatic rings. The Hall–Kier alpha value is 2.17. The second kappa shape index (κ2) is 5.00. The van der Waals surface area contributed by atoms with Gasteiger partial charge < -0.3 is 0 Å². The Morgan fingerprint density at radius 1 is 0.923 bits per heavy atom. The molecule has 0 aliphatic heterocycles. The molecular weight excluding hydrogens is 329 g/mol. The van der Waals surface area contributed by atoms with Crippen molar-refractivity contribution < 1.29 is 0 Å². The van der Waals surface area contributed by atoms with Gasteiger partial charge in [0, 0.05) is 5.04 Å². The molecule has 0 atom stereocenters. The van der Waals surface area contributed by atoms with Crippen LogP contribution in [0.25, 0.3) is 0 Å². The van der Waals surface area contributed by atoms with Gasteiger partial charge in [-0.15, -0.1) is 66.5 Å². The predicted octanol–water partition coefficient (Wildman–Crippen LogP) is 5.47. The number of halogens is 6. The fraction of sp³-hybridized carbons (Fsp3) is 1.00. The van der Waals surface area contributed by atoms with E-state index in [1.165, 1.54) is 0 Å². The van der Waals surface area contributed by atoms with E-state index in [2.05, 4.69) is 0 Å². The van der Waals surface area contributed by atoms with Crippen molar-refractivity contribution in [3.8, 4) is 0 Å². The van der Waals surface area contributed by atoms with E-state index in [4.69, 9.17) is 66.5 Å². The molecule has 0 unspecified atom stereocenters. The molecule has 0 bridgehead atoms. The van der Waals surface area contributed by atoms with E-state index < -0.39 is 12.0 Å². The minimum absolute atomic E-state index is 0.339.